The average molecular weight is 298 g/mol. The van der Waals surface area contributed by atoms with E-state index in [0.29, 0.717) is 6.61 Å². The number of benzene rings is 1. The molecule has 17 heavy (non-hydrogen) atoms. The Morgan fingerprint density at radius 1 is 1.41 bits per heavy atom. The number of rotatable bonds is 0. The molecule has 1 aromatic rings. The lowest BCUT2D eigenvalue weighted by atomic mass is 9.84. The smallest absolute Gasteiger partial charge is 0.134 e. The lowest BCUT2D eigenvalue weighted by molar-refractivity contribution is -0.0833. The van der Waals surface area contributed by atoms with Gasteiger partial charge in [-0.15, -0.1) is 0 Å². The Balaban J connectivity index is 1.94. The van der Waals surface area contributed by atoms with Crippen LogP contribution in [0.5, 0.6) is 5.75 Å². The molecule has 1 spiro atoms. The maximum absolute atomic E-state index is 6.26. The Morgan fingerprint density at radius 2 is 2.29 bits per heavy atom. The third-order valence-corrected chi connectivity index (χ3v) is 4.07. The second-order valence-electron chi connectivity index (χ2n) is 4.93. The Hall–Kier alpha value is -0.580. The number of hydrogen-bond donors (Lipinski definition) is 1. The van der Waals surface area contributed by atoms with Crippen LogP contribution in [0.25, 0.3) is 0 Å². The van der Waals surface area contributed by atoms with E-state index in [0.717, 1.165) is 41.7 Å². The van der Waals surface area contributed by atoms with Crippen molar-refractivity contribution in [2.45, 2.75) is 30.9 Å². The van der Waals surface area contributed by atoms with Gasteiger partial charge in [0.1, 0.15) is 11.4 Å². The molecular weight excluding hydrogens is 282 g/mol. The summed E-state index contributed by atoms with van der Waals surface area (Å²) < 4.78 is 12.8. The summed E-state index contributed by atoms with van der Waals surface area (Å²) in [6, 6.07) is 6.08. The molecule has 2 atom stereocenters. The third-order valence-electron chi connectivity index (χ3n) is 3.58. The Labute approximate surface area is 109 Å². The van der Waals surface area contributed by atoms with E-state index < -0.39 is 0 Å². The molecule has 1 fully saturated rings. The zero-order valence-corrected chi connectivity index (χ0v) is 11.2. The molecule has 3 rings (SSSR count). The highest BCUT2D eigenvalue weighted by Gasteiger charge is 2.41. The molecule has 0 saturated carbocycles. The van der Waals surface area contributed by atoms with Crippen LogP contribution >= 0.6 is 15.9 Å². The minimum Gasteiger partial charge on any atom is -0.484 e. The Kier molecular flexibility index (Phi) is 2.89. The van der Waals surface area contributed by atoms with Crippen LogP contribution in [-0.2, 0) is 4.74 Å². The summed E-state index contributed by atoms with van der Waals surface area (Å²) in [7, 11) is 0. The fourth-order valence-corrected chi connectivity index (χ4v) is 3.13. The molecule has 0 bridgehead atoms. The third kappa shape index (κ3) is 2.09. The monoisotopic (exact) mass is 297 g/mol. The van der Waals surface area contributed by atoms with Crippen LogP contribution in [0, 0.1) is 0 Å². The van der Waals surface area contributed by atoms with Crippen LogP contribution in [-0.4, -0.2) is 18.8 Å². The fraction of sp³-hybridized carbons (Fsp3) is 0.538. The van der Waals surface area contributed by atoms with Crippen LogP contribution in [0.2, 0.25) is 0 Å². The van der Waals surface area contributed by atoms with Crippen molar-refractivity contribution in [3.63, 3.8) is 0 Å². The van der Waals surface area contributed by atoms with Crippen molar-refractivity contribution in [3.8, 4) is 5.75 Å². The zero-order chi connectivity index (χ0) is 11.9. The number of halogens is 1. The van der Waals surface area contributed by atoms with E-state index in [2.05, 4.69) is 22.0 Å². The minimum atomic E-state index is -0.196. The molecule has 92 valence electrons. The number of ether oxygens (including phenoxy) is 2. The molecule has 2 N–H and O–H groups in total. The van der Waals surface area contributed by atoms with Gasteiger partial charge in [0.05, 0.1) is 6.61 Å². The van der Waals surface area contributed by atoms with Crippen LogP contribution in [0.15, 0.2) is 22.7 Å². The molecule has 4 heteroatoms. The molecule has 2 aliphatic heterocycles. The molecule has 0 amide bonds. The number of hydrogen-bond acceptors (Lipinski definition) is 3. The van der Waals surface area contributed by atoms with Crippen molar-refractivity contribution < 1.29 is 9.47 Å². The lowest BCUT2D eigenvalue weighted by Gasteiger charge is -2.43. The van der Waals surface area contributed by atoms with E-state index >= 15 is 0 Å². The standard InChI is InChI=1S/C13H16BrNO2/c14-9-2-3-12-10(6-9)11(15)7-13(17-12)4-1-5-16-8-13/h2-3,6,11H,1,4-5,7-8,15H2/t11-,13?/m1/s1. The summed E-state index contributed by atoms with van der Waals surface area (Å²) >= 11 is 3.47. The van der Waals surface area contributed by atoms with Crippen LogP contribution in [0.4, 0.5) is 0 Å². The van der Waals surface area contributed by atoms with Gasteiger partial charge in [0, 0.05) is 29.1 Å². The van der Waals surface area contributed by atoms with Crippen molar-refractivity contribution in [3.05, 3.63) is 28.2 Å². The highest BCUT2D eigenvalue weighted by Crippen LogP contribution is 2.42. The quantitative estimate of drug-likeness (QED) is 0.801. The van der Waals surface area contributed by atoms with Crippen molar-refractivity contribution in [1.29, 1.82) is 0 Å². The molecule has 2 heterocycles. The highest BCUT2D eigenvalue weighted by molar-refractivity contribution is 9.10. The molecular formula is C13H16BrNO2. The first-order valence-corrected chi connectivity index (χ1v) is 6.80. The predicted octanol–water partition coefficient (Wildman–Crippen LogP) is 2.78. The fourth-order valence-electron chi connectivity index (χ4n) is 2.76. The molecule has 0 radical (unpaired) electrons. The van der Waals surface area contributed by atoms with Crippen molar-refractivity contribution in [2.24, 2.45) is 5.73 Å². The molecule has 1 unspecified atom stereocenters. The molecule has 3 nitrogen and oxygen atoms in total. The molecule has 0 aliphatic carbocycles. The first-order chi connectivity index (χ1) is 8.19. The predicted molar refractivity (Wildman–Crippen MR) is 69.1 cm³/mol. The van der Waals surface area contributed by atoms with Gasteiger partial charge in [-0.3, -0.25) is 0 Å². The molecule has 2 aliphatic rings. The first-order valence-electron chi connectivity index (χ1n) is 6.00. The summed E-state index contributed by atoms with van der Waals surface area (Å²) in [5.41, 5.74) is 7.16. The van der Waals surface area contributed by atoms with E-state index in [1.807, 2.05) is 12.1 Å². The Bertz CT molecular complexity index is 429. The van der Waals surface area contributed by atoms with Crippen molar-refractivity contribution >= 4 is 15.9 Å². The SMILES string of the molecule is N[C@@H]1CC2(CCCOC2)Oc2ccc(Br)cc21. The van der Waals surface area contributed by atoms with Gasteiger partial charge in [-0.25, -0.2) is 0 Å². The van der Waals surface area contributed by atoms with Gasteiger partial charge in [0.15, 0.2) is 0 Å². The van der Waals surface area contributed by atoms with Gasteiger partial charge >= 0.3 is 0 Å². The second kappa shape index (κ2) is 4.26. The topological polar surface area (TPSA) is 44.5 Å². The second-order valence-corrected chi connectivity index (χ2v) is 5.85. The van der Waals surface area contributed by atoms with Gasteiger partial charge < -0.3 is 15.2 Å². The summed E-state index contributed by atoms with van der Waals surface area (Å²) in [5, 5.41) is 0. The summed E-state index contributed by atoms with van der Waals surface area (Å²) in [4.78, 5) is 0. The van der Waals surface area contributed by atoms with Crippen LogP contribution in [0.1, 0.15) is 30.9 Å². The van der Waals surface area contributed by atoms with Gasteiger partial charge in [-0.2, -0.15) is 0 Å². The summed E-state index contributed by atoms with van der Waals surface area (Å²) in [5.74, 6) is 0.914. The largest absolute Gasteiger partial charge is 0.484 e. The van der Waals surface area contributed by atoms with E-state index in [-0.39, 0.29) is 11.6 Å². The van der Waals surface area contributed by atoms with Crippen LogP contribution < -0.4 is 10.5 Å². The number of fused-ring (bicyclic) bond motifs is 1. The van der Waals surface area contributed by atoms with E-state index in [1.54, 1.807) is 0 Å². The zero-order valence-electron chi connectivity index (χ0n) is 9.62. The van der Waals surface area contributed by atoms with Gasteiger partial charge in [0.2, 0.25) is 0 Å². The summed E-state index contributed by atoms with van der Waals surface area (Å²) in [6.07, 6.45) is 2.94. The first kappa shape index (κ1) is 11.5. The van der Waals surface area contributed by atoms with E-state index in [4.69, 9.17) is 15.2 Å². The van der Waals surface area contributed by atoms with E-state index in [1.165, 1.54) is 0 Å². The maximum atomic E-state index is 6.26. The van der Waals surface area contributed by atoms with Crippen molar-refractivity contribution in [2.75, 3.05) is 13.2 Å². The van der Waals surface area contributed by atoms with Crippen molar-refractivity contribution in [1.82, 2.24) is 0 Å². The molecule has 1 aromatic carbocycles. The molecule has 0 aromatic heterocycles. The molecule has 1 saturated heterocycles. The minimum absolute atomic E-state index is 0.0398. The normalized spacial score (nSPS) is 32.0. The maximum Gasteiger partial charge on any atom is 0.134 e. The average Bonchev–Trinajstić information content (AvgIpc) is 2.31. The summed E-state index contributed by atoms with van der Waals surface area (Å²) in [6.45, 7) is 1.50. The number of nitrogens with two attached hydrogens (primary N) is 1. The van der Waals surface area contributed by atoms with Gasteiger partial charge in [-0.05, 0) is 31.0 Å². The highest BCUT2D eigenvalue weighted by atomic mass is 79.9. The van der Waals surface area contributed by atoms with Gasteiger partial charge in [0.25, 0.3) is 0 Å². The van der Waals surface area contributed by atoms with E-state index in [9.17, 15) is 0 Å². The Morgan fingerprint density at radius 3 is 3.06 bits per heavy atom. The lowest BCUT2D eigenvalue weighted by Crippen LogP contribution is -2.49. The van der Waals surface area contributed by atoms with Gasteiger partial charge in [-0.1, -0.05) is 15.9 Å². The van der Waals surface area contributed by atoms with Crippen LogP contribution in [0.3, 0.4) is 0 Å².